The third-order valence-electron chi connectivity index (χ3n) is 4.85. The number of ether oxygens (including phenoxy) is 1. The standard InChI is InChI=1S/C22H33N5O2/c1-16(2)13-27-9-10-28-20(14-27)12-25-22(23-4)24-11-19-15-29-21(26-19)18-7-5-17(3)6-8-18/h5-8,15-16,20H,9-14H2,1-4H3,(H2,23,24,25). The molecule has 0 spiro atoms. The van der Waals surface area contributed by atoms with E-state index in [4.69, 9.17) is 9.15 Å². The highest BCUT2D eigenvalue weighted by molar-refractivity contribution is 5.79. The van der Waals surface area contributed by atoms with Crippen LogP contribution in [-0.4, -0.2) is 61.8 Å². The molecular formula is C22H33N5O2. The van der Waals surface area contributed by atoms with E-state index in [-0.39, 0.29) is 6.10 Å². The second-order valence-corrected chi connectivity index (χ2v) is 7.96. The first kappa shape index (κ1) is 21.3. The smallest absolute Gasteiger partial charge is 0.226 e. The van der Waals surface area contributed by atoms with E-state index in [0.717, 1.165) is 50.0 Å². The lowest BCUT2D eigenvalue weighted by Gasteiger charge is -2.34. The van der Waals surface area contributed by atoms with Gasteiger partial charge in [0.2, 0.25) is 5.89 Å². The summed E-state index contributed by atoms with van der Waals surface area (Å²) >= 11 is 0. The minimum Gasteiger partial charge on any atom is -0.444 e. The van der Waals surface area contributed by atoms with Gasteiger partial charge in [-0.2, -0.15) is 0 Å². The number of nitrogens with zero attached hydrogens (tertiary/aromatic N) is 3. The largest absolute Gasteiger partial charge is 0.444 e. The molecule has 1 aliphatic rings. The summed E-state index contributed by atoms with van der Waals surface area (Å²) < 4.78 is 11.5. The molecule has 0 aliphatic carbocycles. The van der Waals surface area contributed by atoms with Crippen LogP contribution in [0.3, 0.4) is 0 Å². The van der Waals surface area contributed by atoms with Crippen LogP contribution in [0.1, 0.15) is 25.1 Å². The number of oxazole rings is 1. The molecule has 1 unspecified atom stereocenters. The maximum Gasteiger partial charge on any atom is 0.226 e. The molecule has 2 heterocycles. The van der Waals surface area contributed by atoms with Crippen molar-refractivity contribution in [2.24, 2.45) is 10.9 Å². The number of benzene rings is 1. The van der Waals surface area contributed by atoms with Crippen molar-refractivity contribution in [3.05, 3.63) is 41.8 Å². The van der Waals surface area contributed by atoms with Gasteiger partial charge in [0.05, 0.1) is 24.9 Å². The number of aliphatic imine (C=N–C) groups is 1. The van der Waals surface area contributed by atoms with Gasteiger partial charge in [-0.3, -0.25) is 9.89 Å². The van der Waals surface area contributed by atoms with Crippen molar-refractivity contribution >= 4 is 5.96 Å². The van der Waals surface area contributed by atoms with Gasteiger partial charge in [-0.1, -0.05) is 31.5 Å². The molecule has 3 rings (SSSR count). The molecular weight excluding hydrogens is 366 g/mol. The molecule has 0 bridgehead atoms. The van der Waals surface area contributed by atoms with Crippen LogP contribution in [0.4, 0.5) is 0 Å². The molecule has 7 nitrogen and oxygen atoms in total. The van der Waals surface area contributed by atoms with E-state index in [1.54, 1.807) is 13.3 Å². The Morgan fingerprint density at radius 3 is 2.79 bits per heavy atom. The number of rotatable bonds is 7. The lowest BCUT2D eigenvalue weighted by molar-refractivity contribution is -0.0284. The fourth-order valence-corrected chi connectivity index (χ4v) is 3.41. The second-order valence-electron chi connectivity index (χ2n) is 7.96. The van der Waals surface area contributed by atoms with Gasteiger partial charge in [-0.25, -0.2) is 4.98 Å². The first-order chi connectivity index (χ1) is 14.0. The molecule has 0 saturated carbocycles. The Bertz CT molecular complexity index is 785. The monoisotopic (exact) mass is 399 g/mol. The maximum absolute atomic E-state index is 5.89. The number of guanidine groups is 1. The van der Waals surface area contributed by atoms with E-state index in [2.05, 4.69) is 58.4 Å². The summed E-state index contributed by atoms with van der Waals surface area (Å²) in [5, 5.41) is 6.65. The van der Waals surface area contributed by atoms with E-state index in [0.29, 0.717) is 18.4 Å². The fraction of sp³-hybridized carbons (Fsp3) is 0.545. The third kappa shape index (κ3) is 6.58. The lowest BCUT2D eigenvalue weighted by atomic mass is 10.1. The fourth-order valence-electron chi connectivity index (χ4n) is 3.41. The van der Waals surface area contributed by atoms with Gasteiger partial charge in [0.15, 0.2) is 5.96 Å². The van der Waals surface area contributed by atoms with Gasteiger partial charge < -0.3 is 19.8 Å². The van der Waals surface area contributed by atoms with Gasteiger partial charge in [0.1, 0.15) is 6.26 Å². The Morgan fingerprint density at radius 2 is 2.07 bits per heavy atom. The third-order valence-corrected chi connectivity index (χ3v) is 4.85. The zero-order valence-electron chi connectivity index (χ0n) is 17.9. The normalized spacial score (nSPS) is 18.2. The Morgan fingerprint density at radius 1 is 1.28 bits per heavy atom. The van der Waals surface area contributed by atoms with Crippen LogP contribution in [-0.2, 0) is 11.3 Å². The second kappa shape index (κ2) is 10.4. The zero-order valence-corrected chi connectivity index (χ0v) is 17.9. The van der Waals surface area contributed by atoms with Crippen LogP contribution in [0, 0.1) is 12.8 Å². The van der Waals surface area contributed by atoms with Crippen LogP contribution in [0.15, 0.2) is 39.9 Å². The molecule has 158 valence electrons. The molecule has 7 heteroatoms. The zero-order chi connectivity index (χ0) is 20.6. The number of nitrogens with one attached hydrogen (secondary N) is 2. The predicted molar refractivity (Wildman–Crippen MR) is 116 cm³/mol. The summed E-state index contributed by atoms with van der Waals surface area (Å²) in [7, 11) is 1.77. The van der Waals surface area contributed by atoms with Crippen molar-refractivity contribution < 1.29 is 9.15 Å². The van der Waals surface area contributed by atoms with Crippen molar-refractivity contribution in [2.75, 3.05) is 39.8 Å². The minimum atomic E-state index is 0.168. The molecule has 1 fully saturated rings. The Balaban J connectivity index is 1.45. The van der Waals surface area contributed by atoms with Gasteiger partial charge >= 0.3 is 0 Å². The van der Waals surface area contributed by atoms with Crippen LogP contribution < -0.4 is 10.6 Å². The van der Waals surface area contributed by atoms with Crippen molar-refractivity contribution in [1.29, 1.82) is 0 Å². The van der Waals surface area contributed by atoms with Crippen molar-refractivity contribution in [3.8, 4) is 11.5 Å². The molecule has 2 N–H and O–H groups in total. The lowest BCUT2D eigenvalue weighted by Crippen LogP contribution is -2.50. The van der Waals surface area contributed by atoms with Crippen LogP contribution >= 0.6 is 0 Å². The molecule has 0 amide bonds. The molecule has 1 aromatic heterocycles. The minimum absolute atomic E-state index is 0.168. The van der Waals surface area contributed by atoms with Gasteiger partial charge in [-0.05, 0) is 25.0 Å². The molecule has 1 saturated heterocycles. The molecule has 1 aromatic carbocycles. The Hall–Kier alpha value is -2.38. The van der Waals surface area contributed by atoms with Crippen molar-refractivity contribution in [1.82, 2.24) is 20.5 Å². The van der Waals surface area contributed by atoms with Gasteiger partial charge in [-0.15, -0.1) is 0 Å². The van der Waals surface area contributed by atoms with Gasteiger partial charge in [0.25, 0.3) is 0 Å². The summed E-state index contributed by atoms with van der Waals surface area (Å²) in [5.41, 5.74) is 3.02. The van der Waals surface area contributed by atoms with E-state index in [9.17, 15) is 0 Å². The maximum atomic E-state index is 5.89. The molecule has 2 aromatic rings. The van der Waals surface area contributed by atoms with Crippen molar-refractivity contribution in [2.45, 2.75) is 33.4 Å². The summed E-state index contributed by atoms with van der Waals surface area (Å²) in [4.78, 5) is 11.3. The summed E-state index contributed by atoms with van der Waals surface area (Å²) in [5.74, 6) is 2.03. The topological polar surface area (TPSA) is 74.9 Å². The van der Waals surface area contributed by atoms with Crippen LogP contribution in [0.2, 0.25) is 0 Å². The summed E-state index contributed by atoms with van der Waals surface area (Å²) in [6, 6.07) is 8.15. The highest BCUT2D eigenvalue weighted by atomic mass is 16.5. The average molecular weight is 400 g/mol. The van der Waals surface area contributed by atoms with E-state index in [1.807, 2.05) is 12.1 Å². The Labute approximate surface area is 173 Å². The summed E-state index contributed by atoms with van der Waals surface area (Å²) in [6.07, 6.45) is 1.85. The van der Waals surface area contributed by atoms with Crippen molar-refractivity contribution in [3.63, 3.8) is 0 Å². The predicted octanol–water partition coefficient (Wildman–Crippen LogP) is 2.67. The average Bonchev–Trinajstić information content (AvgIpc) is 3.17. The number of aryl methyl sites for hydroxylation is 1. The summed E-state index contributed by atoms with van der Waals surface area (Å²) in [6.45, 7) is 11.7. The Kier molecular flexibility index (Phi) is 7.66. The number of aromatic nitrogens is 1. The molecule has 1 atom stereocenters. The molecule has 1 aliphatic heterocycles. The highest BCUT2D eigenvalue weighted by Crippen LogP contribution is 2.19. The van der Waals surface area contributed by atoms with Gasteiger partial charge in [0, 0.05) is 38.8 Å². The highest BCUT2D eigenvalue weighted by Gasteiger charge is 2.21. The van der Waals surface area contributed by atoms with E-state index in [1.165, 1.54) is 5.56 Å². The first-order valence-electron chi connectivity index (χ1n) is 10.3. The first-order valence-corrected chi connectivity index (χ1v) is 10.3. The number of morpholine rings is 1. The number of hydrogen-bond acceptors (Lipinski definition) is 5. The van der Waals surface area contributed by atoms with Crippen LogP contribution in [0.25, 0.3) is 11.5 Å². The van der Waals surface area contributed by atoms with Crippen LogP contribution in [0.5, 0.6) is 0 Å². The molecule has 29 heavy (non-hydrogen) atoms. The molecule has 0 radical (unpaired) electrons. The van der Waals surface area contributed by atoms with E-state index < -0.39 is 0 Å². The van der Waals surface area contributed by atoms with E-state index >= 15 is 0 Å². The number of hydrogen-bond donors (Lipinski definition) is 2. The SMILES string of the molecule is CN=C(NCc1coc(-c2ccc(C)cc2)n1)NCC1CN(CC(C)C)CCO1. The quantitative estimate of drug-likeness (QED) is 0.551.